The molecule has 0 spiro atoms. The molecule has 0 saturated carbocycles. The summed E-state index contributed by atoms with van der Waals surface area (Å²) in [6.45, 7) is 0. The maximum Gasteiger partial charge on any atom is 0.162 e. The van der Waals surface area contributed by atoms with Gasteiger partial charge in [0.05, 0.1) is 0 Å². The second-order valence-electron chi connectivity index (χ2n) is 4.82. The molecule has 0 amide bonds. The largest absolute Gasteiger partial charge is 0.382 e. The van der Waals surface area contributed by atoms with Crippen molar-refractivity contribution in [1.29, 1.82) is 0 Å². The van der Waals surface area contributed by atoms with Crippen LogP contribution in [0.1, 0.15) is 5.56 Å². The van der Waals surface area contributed by atoms with Gasteiger partial charge in [0.15, 0.2) is 5.75 Å². The molecule has 3 aromatic carbocycles. The standard InChI is InChI=1S/C12H10.C8H7NO/c1-3-7-11(8-4-1)12-9-5-2-6-10-12;1-2-4-8-7(3-1)5-6-9-10-8/h1-10H;1-6,9H. The highest BCUT2D eigenvalue weighted by Crippen LogP contribution is 2.20. The van der Waals surface area contributed by atoms with E-state index in [4.69, 9.17) is 4.84 Å². The number of hydroxylamine groups is 1. The second kappa shape index (κ2) is 7.14. The molecule has 22 heavy (non-hydrogen) atoms. The van der Waals surface area contributed by atoms with Gasteiger partial charge in [0, 0.05) is 11.8 Å². The lowest BCUT2D eigenvalue weighted by Gasteiger charge is -2.11. The highest BCUT2D eigenvalue weighted by Gasteiger charge is 2.01. The SMILES string of the molecule is C1=Cc2ccccc2ON1.c1ccc(-c2ccccc2)cc1. The third-order valence-electron chi connectivity index (χ3n) is 3.30. The normalized spacial score (nSPS) is 11.3. The zero-order valence-electron chi connectivity index (χ0n) is 12.1. The Bertz CT molecular complexity index is 698. The zero-order valence-corrected chi connectivity index (χ0v) is 12.1. The van der Waals surface area contributed by atoms with E-state index >= 15 is 0 Å². The van der Waals surface area contributed by atoms with Crippen LogP contribution in [0.15, 0.2) is 91.1 Å². The summed E-state index contributed by atoms with van der Waals surface area (Å²) in [6, 6.07) is 28.6. The number of nitrogens with one attached hydrogen (secondary N) is 1. The average molecular weight is 287 g/mol. The van der Waals surface area contributed by atoms with Crippen molar-refractivity contribution in [2.75, 3.05) is 0 Å². The van der Waals surface area contributed by atoms with Gasteiger partial charge in [0.25, 0.3) is 0 Å². The summed E-state index contributed by atoms with van der Waals surface area (Å²) in [6.07, 6.45) is 3.74. The van der Waals surface area contributed by atoms with E-state index in [9.17, 15) is 0 Å². The Kier molecular flexibility index (Phi) is 4.53. The zero-order chi connectivity index (χ0) is 15.0. The van der Waals surface area contributed by atoms with E-state index in [1.54, 1.807) is 6.20 Å². The first kappa shape index (κ1) is 14.0. The molecule has 1 N–H and O–H groups in total. The molecule has 1 aliphatic rings. The Morgan fingerprint density at radius 2 is 1.14 bits per heavy atom. The van der Waals surface area contributed by atoms with Crippen molar-refractivity contribution in [2.45, 2.75) is 0 Å². The van der Waals surface area contributed by atoms with Gasteiger partial charge < -0.3 is 4.84 Å². The summed E-state index contributed by atoms with van der Waals surface area (Å²) < 4.78 is 0. The van der Waals surface area contributed by atoms with Crippen LogP contribution in [0.3, 0.4) is 0 Å². The molecule has 108 valence electrons. The van der Waals surface area contributed by atoms with Crippen molar-refractivity contribution in [1.82, 2.24) is 5.48 Å². The molecule has 0 unspecified atom stereocenters. The lowest BCUT2D eigenvalue weighted by molar-refractivity contribution is 0.239. The first-order chi connectivity index (χ1) is 10.9. The number of hydrogen-bond acceptors (Lipinski definition) is 2. The predicted octanol–water partition coefficient (Wildman–Crippen LogP) is 4.91. The quantitative estimate of drug-likeness (QED) is 0.686. The third-order valence-corrected chi connectivity index (χ3v) is 3.30. The van der Waals surface area contributed by atoms with Crippen LogP contribution in [-0.2, 0) is 0 Å². The maximum absolute atomic E-state index is 5.09. The van der Waals surface area contributed by atoms with Crippen molar-refractivity contribution < 1.29 is 4.84 Å². The van der Waals surface area contributed by atoms with Crippen molar-refractivity contribution in [3.63, 3.8) is 0 Å². The molecular formula is C20H17NO. The predicted molar refractivity (Wildman–Crippen MR) is 91.1 cm³/mol. The molecule has 0 aliphatic carbocycles. The van der Waals surface area contributed by atoms with Gasteiger partial charge >= 0.3 is 0 Å². The van der Waals surface area contributed by atoms with E-state index in [0.29, 0.717) is 0 Å². The minimum atomic E-state index is 0.880. The van der Waals surface area contributed by atoms with Gasteiger partial charge in [-0.05, 0) is 23.3 Å². The fourth-order valence-electron chi connectivity index (χ4n) is 2.19. The number of hydrogen-bond donors (Lipinski definition) is 1. The van der Waals surface area contributed by atoms with Crippen LogP contribution in [0.5, 0.6) is 5.75 Å². The Balaban J connectivity index is 0.000000133. The number of benzene rings is 3. The molecule has 2 nitrogen and oxygen atoms in total. The first-order valence-corrected chi connectivity index (χ1v) is 7.22. The summed E-state index contributed by atoms with van der Waals surface area (Å²) in [7, 11) is 0. The third kappa shape index (κ3) is 3.55. The summed E-state index contributed by atoms with van der Waals surface area (Å²) in [5, 5.41) is 0. The van der Waals surface area contributed by atoms with Crippen molar-refractivity contribution >= 4 is 6.08 Å². The lowest BCUT2D eigenvalue weighted by atomic mass is 10.1. The Labute approximate surface area is 130 Å². The van der Waals surface area contributed by atoms with Gasteiger partial charge in [-0.15, -0.1) is 0 Å². The first-order valence-electron chi connectivity index (χ1n) is 7.22. The van der Waals surface area contributed by atoms with Gasteiger partial charge in [0.2, 0.25) is 0 Å². The molecule has 0 bridgehead atoms. The van der Waals surface area contributed by atoms with Crippen LogP contribution in [0, 0.1) is 0 Å². The van der Waals surface area contributed by atoms with Crippen LogP contribution < -0.4 is 10.3 Å². The van der Waals surface area contributed by atoms with Crippen molar-refractivity contribution in [3.05, 3.63) is 96.7 Å². The molecule has 0 saturated heterocycles. The van der Waals surface area contributed by atoms with Crippen molar-refractivity contribution in [2.24, 2.45) is 0 Å². The summed E-state index contributed by atoms with van der Waals surface area (Å²) in [5.41, 5.74) is 6.32. The Morgan fingerprint density at radius 3 is 1.73 bits per heavy atom. The van der Waals surface area contributed by atoms with E-state index in [-0.39, 0.29) is 0 Å². The van der Waals surface area contributed by atoms with Crippen LogP contribution in [0.4, 0.5) is 0 Å². The van der Waals surface area contributed by atoms with E-state index in [2.05, 4.69) is 54.0 Å². The van der Waals surface area contributed by atoms with Crippen molar-refractivity contribution in [3.8, 4) is 16.9 Å². The molecule has 0 aromatic heterocycles. The second-order valence-corrected chi connectivity index (χ2v) is 4.82. The number of fused-ring (bicyclic) bond motifs is 1. The van der Waals surface area contributed by atoms with Crippen LogP contribution in [0.25, 0.3) is 17.2 Å². The summed E-state index contributed by atoms with van der Waals surface area (Å²) in [4.78, 5) is 5.09. The highest BCUT2D eigenvalue weighted by atomic mass is 16.6. The molecule has 1 heterocycles. The van der Waals surface area contributed by atoms with Gasteiger partial charge in [0.1, 0.15) is 0 Å². The smallest absolute Gasteiger partial charge is 0.162 e. The molecule has 4 rings (SSSR count). The minimum Gasteiger partial charge on any atom is -0.382 e. The van der Waals surface area contributed by atoms with Crippen LogP contribution in [0.2, 0.25) is 0 Å². The molecule has 1 aliphatic heterocycles. The fraction of sp³-hybridized carbons (Fsp3) is 0. The summed E-state index contributed by atoms with van der Waals surface area (Å²) in [5.74, 6) is 0.880. The molecule has 0 atom stereocenters. The number of rotatable bonds is 1. The Hall–Kier alpha value is -3.00. The topological polar surface area (TPSA) is 21.3 Å². The van der Waals surface area contributed by atoms with Gasteiger partial charge in [-0.3, -0.25) is 0 Å². The van der Waals surface area contributed by atoms with E-state index in [0.717, 1.165) is 11.3 Å². The monoisotopic (exact) mass is 287 g/mol. The minimum absolute atomic E-state index is 0.880. The highest BCUT2D eigenvalue weighted by molar-refractivity contribution is 5.62. The van der Waals surface area contributed by atoms with Crippen LogP contribution >= 0.6 is 0 Å². The van der Waals surface area contributed by atoms with Gasteiger partial charge in [-0.1, -0.05) is 78.9 Å². The molecule has 2 heteroatoms. The fourth-order valence-corrected chi connectivity index (χ4v) is 2.19. The van der Waals surface area contributed by atoms with Gasteiger partial charge in [-0.2, -0.15) is 0 Å². The maximum atomic E-state index is 5.09. The van der Waals surface area contributed by atoms with Gasteiger partial charge in [-0.25, -0.2) is 5.48 Å². The lowest BCUT2D eigenvalue weighted by Crippen LogP contribution is -2.13. The van der Waals surface area contributed by atoms with E-state index in [1.165, 1.54) is 11.1 Å². The van der Waals surface area contributed by atoms with Crippen LogP contribution in [-0.4, -0.2) is 0 Å². The van der Waals surface area contributed by atoms with E-state index in [1.807, 2.05) is 42.5 Å². The summed E-state index contributed by atoms with van der Waals surface area (Å²) >= 11 is 0. The molecule has 0 fully saturated rings. The number of para-hydroxylation sites is 1. The molecular weight excluding hydrogens is 270 g/mol. The molecule has 3 aromatic rings. The average Bonchev–Trinajstić information content (AvgIpc) is 2.64. The molecule has 0 radical (unpaired) electrons. The Morgan fingerprint density at radius 1 is 0.591 bits per heavy atom. The van der Waals surface area contributed by atoms with E-state index < -0.39 is 0 Å².